The highest BCUT2D eigenvalue weighted by Crippen LogP contribution is 2.33. The van der Waals surface area contributed by atoms with Gasteiger partial charge in [-0.25, -0.2) is 8.78 Å². The number of carbonyl (C=O) groups excluding carboxylic acids is 1. The number of carbonyl (C=O) groups is 1. The molecule has 1 saturated carbocycles. The van der Waals surface area contributed by atoms with E-state index in [-0.39, 0.29) is 24.1 Å². The predicted molar refractivity (Wildman–Crippen MR) is 88.8 cm³/mol. The Bertz CT molecular complexity index is 790. The molecule has 4 nitrogen and oxygen atoms in total. The molecule has 3 rings (SSSR count). The fourth-order valence-electron chi connectivity index (χ4n) is 2.72. The van der Waals surface area contributed by atoms with Gasteiger partial charge in [-0.15, -0.1) is 0 Å². The molecule has 2 aromatic rings. The quantitative estimate of drug-likeness (QED) is 0.798. The molecule has 1 aliphatic carbocycles. The summed E-state index contributed by atoms with van der Waals surface area (Å²) >= 11 is 0. The van der Waals surface area contributed by atoms with Crippen molar-refractivity contribution in [1.82, 2.24) is 4.90 Å². The average molecular weight is 347 g/mol. The van der Waals surface area contributed by atoms with Crippen molar-refractivity contribution in [3.63, 3.8) is 0 Å². The summed E-state index contributed by atoms with van der Waals surface area (Å²) in [6.07, 6.45) is 1.72. The number of hydrogen-bond acceptors (Lipinski definition) is 3. The average Bonchev–Trinajstić information content (AvgIpc) is 3.45. The predicted octanol–water partition coefficient (Wildman–Crippen LogP) is 3.79. The van der Waals surface area contributed by atoms with E-state index in [9.17, 15) is 13.6 Å². The lowest BCUT2D eigenvalue weighted by atomic mass is 10.1. The highest BCUT2D eigenvalue weighted by Gasteiger charge is 2.34. The first-order chi connectivity index (χ1) is 12.0. The number of hydrogen-bond donors (Lipinski definition) is 0. The minimum Gasteiger partial charge on any atom is -0.497 e. The van der Waals surface area contributed by atoms with E-state index in [2.05, 4.69) is 0 Å². The monoisotopic (exact) mass is 347 g/mol. The standard InChI is InChI=1S/C19H19F2NO3/c1-24-15-7-8-18(25-2)16(10-15)19(23)22(14-5-6-14)11-12-3-4-13(20)9-17(12)21/h3-4,7-10,14H,5-6,11H2,1-2H3. The number of ether oxygens (including phenoxy) is 2. The molecule has 0 atom stereocenters. The minimum absolute atomic E-state index is 0.0489. The van der Waals surface area contributed by atoms with Crippen LogP contribution in [0.25, 0.3) is 0 Å². The number of halogens is 2. The Morgan fingerprint density at radius 3 is 2.48 bits per heavy atom. The number of benzene rings is 2. The van der Waals surface area contributed by atoms with Crippen LogP contribution in [0.1, 0.15) is 28.8 Å². The van der Waals surface area contributed by atoms with E-state index in [1.165, 1.54) is 26.4 Å². The maximum Gasteiger partial charge on any atom is 0.258 e. The largest absolute Gasteiger partial charge is 0.497 e. The molecule has 25 heavy (non-hydrogen) atoms. The number of amides is 1. The van der Waals surface area contributed by atoms with Crippen LogP contribution in [0, 0.1) is 11.6 Å². The zero-order valence-electron chi connectivity index (χ0n) is 14.1. The van der Waals surface area contributed by atoms with Crippen molar-refractivity contribution >= 4 is 5.91 Å². The van der Waals surface area contributed by atoms with E-state index >= 15 is 0 Å². The fraction of sp³-hybridized carbons (Fsp3) is 0.316. The van der Waals surface area contributed by atoms with Crippen molar-refractivity contribution in [2.75, 3.05) is 14.2 Å². The summed E-state index contributed by atoms with van der Waals surface area (Å²) in [6.45, 7) is 0.0793. The summed E-state index contributed by atoms with van der Waals surface area (Å²) in [4.78, 5) is 14.7. The molecule has 0 bridgehead atoms. The van der Waals surface area contributed by atoms with E-state index < -0.39 is 11.6 Å². The summed E-state index contributed by atoms with van der Waals surface area (Å²) in [5.74, 6) is -0.595. The van der Waals surface area contributed by atoms with Gasteiger partial charge in [-0.05, 0) is 37.1 Å². The summed E-state index contributed by atoms with van der Waals surface area (Å²) in [5.41, 5.74) is 0.639. The molecule has 0 heterocycles. The van der Waals surface area contributed by atoms with Gasteiger partial charge in [0, 0.05) is 24.2 Å². The van der Waals surface area contributed by atoms with Crippen LogP contribution in [0.15, 0.2) is 36.4 Å². The van der Waals surface area contributed by atoms with Gasteiger partial charge in [0.1, 0.15) is 23.1 Å². The van der Waals surface area contributed by atoms with Crippen molar-refractivity contribution < 1.29 is 23.0 Å². The van der Waals surface area contributed by atoms with Crippen molar-refractivity contribution in [1.29, 1.82) is 0 Å². The lowest BCUT2D eigenvalue weighted by Crippen LogP contribution is -2.33. The number of methoxy groups -OCH3 is 2. The first-order valence-electron chi connectivity index (χ1n) is 8.00. The van der Waals surface area contributed by atoms with Gasteiger partial charge in [0.2, 0.25) is 0 Å². The second kappa shape index (κ2) is 7.09. The van der Waals surface area contributed by atoms with Crippen LogP contribution < -0.4 is 9.47 Å². The van der Waals surface area contributed by atoms with E-state index in [4.69, 9.17) is 9.47 Å². The third-order valence-corrected chi connectivity index (χ3v) is 4.24. The van der Waals surface area contributed by atoms with Crippen LogP contribution >= 0.6 is 0 Å². The second-order valence-electron chi connectivity index (χ2n) is 5.97. The maximum atomic E-state index is 14.0. The lowest BCUT2D eigenvalue weighted by Gasteiger charge is -2.24. The Balaban J connectivity index is 1.92. The molecular formula is C19H19F2NO3. The van der Waals surface area contributed by atoms with Crippen LogP contribution in [-0.4, -0.2) is 31.1 Å². The van der Waals surface area contributed by atoms with Crippen LogP contribution in [0.5, 0.6) is 11.5 Å². The van der Waals surface area contributed by atoms with Gasteiger partial charge in [0.25, 0.3) is 5.91 Å². The summed E-state index contributed by atoms with van der Waals surface area (Å²) < 4.78 is 37.6. The maximum absolute atomic E-state index is 14.0. The number of rotatable bonds is 6. The summed E-state index contributed by atoms with van der Waals surface area (Å²) in [6, 6.07) is 8.42. The van der Waals surface area contributed by atoms with E-state index in [1.54, 1.807) is 23.1 Å². The molecule has 1 aliphatic rings. The molecule has 0 N–H and O–H groups in total. The molecule has 1 amide bonds. The van der Waals surface area contributed by atoms with Gasteiger partial charge in [0.15, 0.2) is 0 Å². The molecular weight excluding hydrogens is 328 g/mol. The van der Waals surface area contributed by atoms with E-state index in [0.717, 1.165) is 18.9 Å². The molecule has 0 aromatic heterocycles. The van der Waals surface area contributed by atoms with Crippen LogP contribution in [0.3, 0.4) is 0 Å². The summed E-state index contributed by atoms with van der Waals surface area (Å²) in [5, 5.41) is 0. The molecule has 0 unspecified atom stereocenters. The van der Waals surface area contributed by atoms with Gasteiger partial charge >= 0.3 is 0 Å². The van der Waals surface area contributed by atoms with Crippen molar-refractivity contribution in [2.24, 2.45) is 0 Å². The Labute approximate surface area is 145 Å². The zero-order chi connectivity index (χ0) is 18.0. The van der Waals surface area contributed by atoms with Gasteiger partial charge in [-0.1, -0.05) is 6.07 Å². The minimum atomic E-state index is -0.656. The highest BCUT2D eigenvalue weighted by molar-refractivity contribution is 5.97. The normalized spacial score (nSPS) is 13.4. The van der Waals surface area contributed by atoms with Gasteiger partial charge in [-0.2, -0.15) is 0 Å². The van der Waals surface area contributed by atoms with Crippen molar-refractivity contribution in [2.45, 2.75) is 25.4 Å². The SMILES string of the molecule is COc1ccc(OC)c(C(=O)N(Cc2ccc(F)cc2F)C2CC2)c1. The van der Waals surface area contributed by atoms with Crippen LogP contribution in [0.4, 0.5) is 8.78 Å². The Hall–Kier alpha value is -2.63. The zero-order valence-corrected chi connectivity index (χ0v) is 14.1. The third-order valence-electron chi connectivity index (χ3n) is 4.24. The van der Waals surface area contributed by atoms with Gasteiger partial charge in [0.05, 0.1) is 19.8 Å². The van der Waals surface area contributed by atoms with Crippen molar-refractivity contribution in [3.05, 3.63) is 59.2 Å². The lowest BCUT2D eigenvalue weighted by molar-refractivity contribution is 0.0724. The second-order valence-corrected chi connectivity index (χ2v) is 5.97. The third kappa shape index (κ3) is 3.73. The van der Waals surface area contributed by atoms with Crippen LogP contribution in [-0.2, 0) is 6.54 Å². The van der Waals surface area contributed by atoms with E-state index in [0.29, 0.717) is 17.1 Å². The first-order valence-corrected chi connectivity index (χ1v) is 8.00. The topological polar surface area (TPSA) is 38.8 Å². The molecule has 132 valence electrons. The number of nitrogens with zero attached hydrogens (tertiary/aromatic N) is 1. The van der Waals surface area contributed by atoms with Crippen LogP contribution in [0.2, 0.25) is 0 Å². The molecule has 0 spiro atoms. The Morgan fingerprint density at radius 2 is 1.88 bits per heavy atom. The Morgan fingerprint density at radius 1 is 1.12 bits per heavy atom. The molecule has 1 fully saturated rings. The Kier molecular flexibility index (Phi) is 4.88. The smallest absolute Gasteiger partial charge is 0.258 e. The molecule has 0 aliphatic heterocycles. The van der Waals surface area contributed by atoms with Crippen molar-refractivity contribution in [3.8, 4) is 11.5 Å². The summed E-state index contributed by atoms with van der Waals surface area (Å²) in [7, 11) is 3.00. The van der Waals surface area contributed by atoms with Gasteiger partial charge < -0.3 is 14.4 Å². The van der Waals surface area contributed by atoms with E-state index in [1.807, 2.05) is 0 Å². The molecule has 6 heteroatoms. The first kappa shape index (κ1) is 17.2. The van der Waals surface area contributed by atoms with Gasteiger partial charge in [-0.3, -0.25) is 4.79 Å². The fourth-order valence-corrected chi connectivity index (χ4v) is 2.72. The molecule has 0 saturated heterocycles. The highest BCUT2D eigenvalue weighted by atomic mass is 19.1. The molecule has 2 aromatic carbocycles. The molecule has 0 radical (unpaired) electrons.